The van der Waals surface area contributed by atoms with E-state index in [-0.39, 0.29) is 24.3 Å². The number of rotatable bonds is 3. The van der Waals surface area contributed by atoms with Crippen LogP contribution in [0.25, 0.3) is 5.65 Å². The molecule has 2 unspecified atom stereocenters. The minimum atomic E-state index is -4.74. The molecule has 10 heteroatoms. The van der Waals surface area contributed by atoms with Gasteiger partial charge in [0.05, 0.1) is 24.3 Å². The highest BCUT2D eigenvalue weighted by Crippen LogP contribution is 2.41. The molecule has 6 nitrogen and oxygen atoms in total. The zero-order valence-electron chi connectivity index (χ0n) is 16.6. The fraction of sp³-hybridized carbons (Fsp3) is 0.333. The molecule has 3 aromatic rings. The first kappa shape index (κ1) is 21.3. The number of aliphatic hydroxyl groups is 1. The molecule has 164 valence electrons. The second-order valence-electron chi connectivity index (χ2n) is 7.91. The fourth-order valence-corrected chi connectivity index (χ4v) is 3.86. The van der Waals surface area contributed by atoms with Crippen LogP contribution < -0.4 is 5.32 Å². The maximum Gasteiger partial charge on any atom is 0.416 e. The Morgan fingerprint density at radius 1 is 1.29 bits per heavy atom. The summed E-state index contributed by atoms with van der Waals surface area (Å²) < 4.78 is 60.8. The summed E-state index contributed by atoms with van der Waals surface area (Å²) in [6.45, 7) is 2.59. The highest BCUT2D eigenvalue weighted by molar-refractivity contribution is 6.00. The molecule has 2 aromatic heterocycles. The Labute approximate surface area is 174 Å². The van der Waals surface area contributed by atoms with Crippen molar-refractivity contribution < 1.29 is 32.2 Å². The average Bonchev–Trinajstić information content (AvgIpc) is 3.21. The normalized spacial score (nSPS) is 24.0. The van der Waals surface area contributed by atoms with E-state index < -0.39 is 34.6 Å². The number of nitrogens with one attached hydrogen (secondary N) is 1. The first-order chi connectivity index (χ1) is 14.4. The lowest BCUT2D eigenvalue weighted by Gasteiger charge is -2.39. The minimum Gasteiger partial charge on any atom is -0.385 e. The zero-order valence-corrected chi connectivity index (χ0v) is 16.6. The third-order valence-corrected chi connectivity index (χ3v) is 5.57. The lowest BCUT2D eigenvalue weighted by atomic mass is 9.77. The molecule has 3 heterocycles. The van der Waals surface area contributed by atoms with Crippen LogP contribution in [-0.4, -0.2) is 39.2 Å². The second kappa shape index (κ2) is 7.03. The summed E-state index contributed by atoms with van der Waals surface area (Å²) in [6.07, 6.45) is 0.226. The lowest BCUT2D eigenvalue weighted by Crippen LogP contribution is -2.60. The number of ether oxygens (including phenoxy) is 1. The van der Waals surface area contributed by atoms with Gasteiger partial charge in [0.25, 0.3) is 5.91 Å². The maximum absolute atomic E-state index is 14.9. The van der Waals surface area contributed by atoms with E-state index in [2.05, 4.69) is 10.3 Å². The average molecular weight is 437 g/mol. The Hall–Kier alpha value is -2.98. The summed E-state index contributed by atoms with van der Waals surface area (Å²) in [7, 11) is 0. The molecule has 1 fully saturated rings. The van der Waals surface area contributed by atoms with Crippen LogP contribution in [0, 0.1) is 12.7 Å². The molecule has 0 bridgehead atoms. The fourth-order valence-electron chi connectivity index (χ4n) is 3.86. The number of hydrogen-bond donors (Lipinski definition) is 2. The third kappa shape index (κ3) is 3.45. The van der Waals surface area contributed by atoms with Crippen molar-refractivity contribution in [1.82, 2.24) is 14.7 Å². The van der Waals surface area contributed by atoms with Crippen LogP contribution in [0.4, 0.5) is 17.6 Å². The third-order valence-electron chi connectivity index (χ3n) is 5.57. The monoisotopic (exact) mass is 437 g/mol. The Bertz CT molecular complexity index is 1170. The van der Waals surface area contributed by atoms with Gasteiger partial charge in [-0.15, -0.1) is 0 Å². The van der Waals surface area contributed by atoms with Gasteiger partial charge >= 0.3 is 6.18 Å². The van der Waals surface area contributed by atoms with Gasteiger partial charge in [-0.25, -0.2) is 9.37 Å². The van der Waals surface area contributed by atoms with Crippen molar-refractivity contribution in [3.8, 4) is 0 Å². The Balaban J connectivity index is 1.78. The molecule has 1 aromatic carbocycles. The predicted molar refractivity (Wildman–Crippen MR) is 102 cm³/mol. The molecule has 31 heavy (non-hydrogen) atoms. The van der Waals surface area contributed by atoms with E-state index in [1.54, 1.807) is 23.0 Å². The van der Waals surface area contributed by atoms with Gasteiger partial charge in [-0.05, 0) is 37.6 Å². The van der Waals surface area contributed by atoms with Gasteiger partial charge in [0.15, 0.2) is 0 Å². The molecule has 1 saturated heterocycles. The van der Waals surface area contributed by atoms with Crippen LogP contribution in [0.15, 0.2) is 42.9 Å². The van der Waals surface area contributed by atoms with Crippen LogP contribution in [0.3, 0.4) is 0 Å². The number of amides is 1. The first-order valence-corrected chi connectivity index (χ1v) is 9.38. The van der Waals surface area contributed by atoms with Crippen molar-refractivity contribution in [1.29, 1.82) is 0 Å². The number of alkyl halides is 3. The van der Waals surface area contributed by atoms with Gasteiger partial charge in [-0.3, -0.25) is 4.79 Å². The Morgan fingerprint density at radius 3 is 2.65 bits per heavy atom. The van der Waals surface area contributed by atoms with Crippen molar-refractivity contribution in [3.05, 3.63) is 70.9 Å². The summed E-state index contributed by atoms with van der Waals surface area (Å²) >= 11 is 0. The van der Waals surface area contributed by atoms with Gasteiger partial charge in [-0.1, -0.05) is 6.07 Å². The summed E-state index contributed by atoms with van der Waals surface area (Å²) in [6, 6.07) is 3.48. The minimum absolute atomic E-state index is 0.161. The Kier molecular flexibility index (Phi) is 4.82. The van der Waals surface area contributed by atoms with Crippen LogP contribution in [-0.2, 0) is 16.5 Å². The molecule has 2 N–H and O–H groups in total. The molecule has 1 aliphatic rings. The van der Waals surface area contributed by atoms with Crippen molar-refractivity contribution >= 4 is 11.6 Å². The molecule has 2 atom stereocenters. The second-order valence-corrected chi connectivity index (χ2v) is 7.91. The van der Waals surface area contributed by atoms with Crippen molar-refractivity contribution in [2.45, 2.75) is 31.2 Å². The number of aryl methyl sites for hydroxylation is 1. The van der Waals surface area contributed by atoms with Gasteiger partial charge in [0.1, 0.15) is 22.6 Å². The molecule has 1 aliphatic heterocycles. The van der Waals surface area contributed by atoms with Crippen molar-refractivity contribution in [2.75, 3.05) is 13.2 Å². The van der Waals surface area contributed by atoms with E-state index in [0.29, 0.717) is 17.8 Å². The van der Waals surface area contributed by atoms with Crippen molar-refractivity contribution in [3.63, 3.8) is 0 Å². The molecule has 1 amide bonds. The molecule has 0 saturated carbocycles. The first-order valence-electron chi connectivity index (χ1n) is 9.38. The molecule has 0 spiro atoms. The number of aromatic nitrogens is 2. The standard InChI is InChI=1S/C21H19F4N3O3/c1-12-8-26-17-14(5-6-28(17)9-12)18(29)27-20(11-31-10-19(20,2)30)15-4-3-13(7-16(15)22)21(23,24)25/h3-9,30H,10-11H2,1-2H3,(H,27,29). The quantitative estimate of drug-likeness (QED) is 0.617. The molecular weight excluding hydrogens is 418 g/mol. The number of hydrogen-bond acceptors (Lipinski definition) is 4. The smallest absolute Gasteiger partial charge is 0.385 e. The predicted octanol–water partition coefficient (Wildman–Crippen LogP) is 3.21. The number of carbonyl (C=O) groups excluding carboxylic acids is 1. The highest BCUT2D eigenvalue weighted by atomic mass is 19.4. The largest absolute Gasteiger partial charge is 0.416 e. The number of fused-ring (bicyclic) bond motifs is 1. The summed E-state index contributed by atoms with van der Waals surface area (Å²) in [5, 5.41) is 13.6. The summed E-state index contributed by atoms with van der Waals surface area (Å²) in [5.41, 5.74) is -3.71. The van der Waals surface area contributed by atoms with E-state index in [4.69, 9.17) is 4.74 Å². The molecule has 4 rings (SSSR count). The van der Waals surface area contributed by atoms with E-state index in [0.717, 1.165) is 11.6 Å². The van der Waals surface area contributed by atoms with E-state index in [9.17, 15) is 27.5 Å². The van der Waals surface area contributed by atoms with Crippen LogP contribution in [0.2, 0.25) is 0 Å². The number of carbonyl (C=O) groups is 1. The topological polar surface area (TPSA) is 75.9 Å². The van der Waals surface area contributed by atoms with E-state index >= 15 is 0 Å². The van der Waals surface area contributed by atoms with Crippen LogP contribution in [0.5, 0.6) is 0 Å². The van der Waals surface area contributed by atoms with Crippen molar-refractivity contribution in [2.24, 2.45) is 0 Å². The molecular formula is C21H19F4N3O3. The van der Waals surface area contributed by atoms with Gasteiger partial charge in [0, 0.05) is 24.2 Å². The Morgan fingerprint density at radius 2 is 2.03 bits per heavy atom. The van der Waals surface area contributed by atoms with E-state index in [1.807, 2.05) is 6.92 Å². The zero-order chi connectivity index (χ0) is 22.6. The van der Waals surface area contributed by atoms with Gasteiger partial charge < -0.3 is 19.6 Å². The SMILES string of the molecule is Cc1cnc2c(C(=O)NC3(c4ccc(C(F)(F)F)cc4F)COCC3(C)O)ccn2c1. The number of halogens is 4. The van der Waals surface area contributed by atoms with E-state index in [1.165, 1.54) is 13.0 Å². The summed E-state index contributed by atoms with van der Waals surface area (Å²) in [4.78, 5) is 17.4. The highest BCUT2D eigenvalue weighted by Gasteiger charge is 2.56. The summed E-state index contributed by atoms with van der Waals surface area (Å²) in [5.74, 6) is -1.89. The maximum atomic E-state index is 14.9. The number of nitrogens with zero attached hydrogens (tertiary/aromatic N) is 2. The van der Waals surface area contributed by atoms with Gasteiger partial charge in [-0.2, -0.15) is 13.2 Å². The molecule has 0 radical (unpaired) electrons. The number of benzene rings is 1. The molecule has 0 aliphatic carbocycles. The van der Waals surface area contributed by atoms with Crippen LogP contribution >= 0.6 is 0 Å². The van der Waals surface area contributed by atoms with Gasteiger partial charge in [0.2, 0.25) is 0 Å². The lowest BCUT2D eigenvalue weighted by molar-refractivity contribution is -0.137. The van der Waals surface area contributed by atoms with Crippen LogP contribution in [0.1, 0.15) is 34.0 Å².